The first-order valence-corrected chi connectivity index (χ1v) is 15.9. The van der Waals surface area contributed by atoms with Crippen LogP contribution in [0.5, 0.6) is 0 Å². The van der Waals surface area contributed by atoms with Gasteiger partial charge in [-0.2, -0.15) is 0 Å². The van der Waals surface area contributed by atoms with Gasteiger partial charge >= 0.3 is 0 Å². The molecule has 0 atom stereocenters. The molecule has 6 rings (SSSR count). The Balaban J connectivity index is 1.04. The molecule has 0 unspecified atom stereocenters. The van der Waals surface area contributed by atoms with Crippen LogP contribution in [0.25, 0.3) is 27.9 Å². The zero-order chi connectivity index (χ0) is 29.1. The number of amides is 1. The molecular weight excluding hydrogens is 516 g/mol. The quantitative estimate of drug-likeness (QED) is 0.242. The number of hydrogen-bond acceptors (Lipinski definition) is 3. The fourth-order valence-corrected chi connectivity index (χ4v) is 7.25. The van der Waals surface area contributed by atoms with Crippen molar-refractivity contribution in [2.45, 2.75) is 70.5 Å². The summed E-state index contributed by atoms with van der Waals surface area (Å²) in [6, 6.07) is 23.9. The molecule has 1 N–H and O–H groups in total. The molecule has 0 spiro atoms. The van der Waals surface area contributed by atoms with Crippen molar-refractivity contribution in [2.24, 2.45) is 0 Å². The van der Waals surface area contributed by atoms with E-state index in [9.17, 15) is 4.79 Å². The van der Waals surface area contributed by atoms with Crippen LogP contribution in [0.1, 0.15) is 73.4 Å². The van der Waals surface area contributed by atoms with Gasteiger partial charge in [-0.1, -0.05) is 67.3 Å². The Morgan fingerprint density at radius 3 is 2.33 bits per heavy atom. The number of likely N-dealkylation sites (N-methyl/N-ethyl adjacent to an activating group) is 1. The molecule has 3 aromatic carbocycles. The lowest BCUT2D eigenvalue weighted by molar-refractivity contribution is 0.0799. The lowest BCUT2D eigenvalue weighted by atomic mass is 9.80. The number of aryl methyl sites for hydroxylation is 1. The van der Waals surface area contributed by atoms with Gasteiger partial charge in [0.15, 0.2) is 0 Å². The largest absolute Gasteiger partial charge is 0.350 e. The number of para-hydroxylation sites is 1. The normalized spacial score (nSPS) is 17.7. The molecule has 1 saturated heterocycles. The summed E-state index contributed by atoms with van der Waals surface area (Å²) in [4.78, 5) is 17.8. The number of carbonyl (C=O) groups excluding carboxylic acids is 1. The van der Waals surface area contributed by atoms with E-state index in [0.717, 1.165) is 64.0 Å². The van der Waals surface area contributed by atoms with E-state index in [1.165, 1.54) is 57.8 Å². The maximum absolute atomic E-state index is 12.9. The van der Waals surface area contributed by atoms with Crippen molar-refractivity contribution in [1.82, 2.24) is 19.7 Å². The van der Waals surface area contributed by atoms with Crippen LogP contribution in [0.2, 0.25) is 0 Å². The minimum absolute atomic E-state index is 0.0340. The SMILES string of the molecule is CCn1c2ccccc2c2cc(CN3CCC(=Cc4ccc(C(=O)NCC5(N(C)C)CCCCC5)cc4)CC3)ccc21. The standard InChI is InChI=1S/C37H46N4O/c1-4-41-34-11-7-6-10-32(34)33-25-30(14-17-35(33)41)26-40-22-18-29(19-23-40)24-28-12-15-31(16-13-28)36(42)38-27-37(39(2)3)20-8-5-9-21-37/h6-7,10-17,24-25H,4-5,8-9,18-23,26-27H2,1-3H3,(H,38,42). The van der Waals surface area contributed by atoms with E-state index in [-0.39, 0.29) is 11.4 Å². The highest BCUT2D eigenvalue weighted by Gasteiger charge is 2.34. The smallest absolute Gasteiger partial charge is 0.251 e. The highest BCUT2D eigenvalue weighted by Crippen LogP contribution is 2.32. The van der Waals surface area contributed by atoms with Crippen molar-refractivity contribution in [3.05, 3.63) is 89.0 Å². The summed E-state index contributed by atoms with van der Waals surface area (Å²) in [5.74, 6) is 0.0340. The van der Waals surface area contributed by atoms with Gasteiger partial charge < -0.3 is 14.8 Å². The Morgan fingerprint density at radius 2 is 1.62 bits per heavy atom. The monoisotopic (exact) mass is 562 g/mol. The van der Waals surface area contributed by atoms with Gasteiger partial charge in [-0.3, -0.25) is 9.69 Å². The Labute approximate surface area is 251 Å². The Bertz CT molecular complexity index is 1560. The number of likely N-dealkylation sites (tertiary alicyclic amines) is 1. The van der Waals surface area contributed by atoms with E-state index in [4.69, 9.17) is 0 Å². The zero-order valence-electron chi connectivity index (χ0n) is 25.7. The molecule has 1 aromatic heterocycles. The van der Waals surface area contributed by atoms with E-state index in [0.29, 0.717) is 0 Å². The molecule has 220 valence electrons. The summed E-state index contributed by atoms with van der Waals surface area (Å²) in [6.45, 7) is 7.08. The Morgan fingerprint density at radius 1 is 0.905 bits per heavy atom. The molecule has 5 nitrogen and oxygen atoms in total. The maximum atomic E-state index is 12.9. The molecule has 0 radical (unpaired) electrons. The molecule has 1 amide bonds. The number of benzene rings is 3. The molecule has 1 saturated carbocycles. The van der Waals surface area contributed by atoms with Crippen molar-refractivity contribution in [3.8, 4) is 0 Å². The van der Waals surface area contributed by atoms with Gasteiger partial charge in [-0.15, -0.1) is 0 Å². The average Bonchev–Trinajstić information content (AvgIpc) is 3.34. The number of fused-ring (bicyclic) bond motifs is 3. The highest BCUT2D eigenvalue weighted by atomic mass is 16.1. The highest BCUT2D eigenvalue weighted by molar-refractivity contribution is 6.08. The van der Waals surface area contributed by atoms with Crippen LogP contribution < -0.4 is 5.32 Å². The molecule has 5 heteroatoms. The van der Waals surface area contributed by atoms with Crippen LogP contribution >= 0.6 is 0 Å². The number of nitrogens with zero attached hydrogens (tertiary/aromatic N) is 3. The van der Waals surface area contributed by atoms with Crippen molar-refractivity contribution in [2.75, 3.05) is 33.7 Å². The molecule has 1 aliphatic heterocycles. The Hall–Kier alpha value is -3.41. The second-order valence-corrected chi connectivity index (χ2v) is 12.7. The minimum Gasteiger partial charge on any atom is -0.350 e. The fourth-order valence-electron chi connectivity index (χ4n) is 7.25. The van der Waals surface area contributed by atoms with Gasteiger partial charge in [0.1, 0.15) is 0 Å². The van der Waals surface area contributed by atoms with Gasteiger partial charge in [0.2, 0.25) is 0 Å². The molecule has 2 aliphatic rings. The third-order valence-corrected chi connectivity index (χ3v) is 9.91. The zero-order valence-corrected chi connectivity index (χ0v) is 25.7. The van der Waals surface area contributed by atoms with E-state index >= 15 is 0 Å². The van der Waals surface area contributed by atoms with Gasteiger partial charge in [0.05, 0.1) is 0 Å². The summed E-state index contributed by atoms with van der Waals surface area (Å²) in [5.41, 5.74) is 7.57. The van der Waals surface area contributed by atoms with Gasteiger partial charge in [0.25, 0.3) is 5.91 Å². The molecule has 2 fully saturated rings. The molecule has 2 heterocycles. The number of hydrogen-bond donors (Lipinski definition) is 1. The van der Waals surface area contributed by atoms with E-state index in [1.54, 1.807) is 0 Å². The molecule has 0 bridgehead atoms. The molecule has 1 aliphatic carbocycles. The van der Waals surface area contributed by atoms with Gasteiger partial charge in [-0.05, 0) is 88.2 Å². The Kier molecular flexibility index (Phi) is 8.50. The molecule has 42 heavy (non-hydrogen) atoms. The summed E-state index contributed by atoms with van der Waals surface area (Å²) in [7, 11) is 4.30. The van der Waals surface area contributed by atoms with Gasteiger partial charge in [-0.25, -0.2) is 0 Å². The summed E-state index contributed by atoms with van der Waals surface area (Å²) in [6.07, 6.45) is 10.6. The second kappa shape index (κ2) is 12.4. The van der Waals surface area contributed by atoms with Crippen LogP contribution in [0, 0.1) is 0 Å². The van der Waals surface area contributed by atoms with Crippen molar-refractivity contribution >= 4 is 33.8 Å². The van der Waals surface area contributed by atoms with E-state index in [1.807, 2.05) is 12.1 Å². The lowest BCUT2D eigenvalue weighted by Crippen LogP contribution is -2.53. The first-order chi connectivity index (χ1) is 20.5. The van der Waals surface area contributed by atoms with E-state index in [2.05, 4.69) is 101 Å². The first kappa shape index (κ1) is 28.7. The average molecular weight is 563 g/mol. The second-order valence-electron chi connectivity index (χ2n) is 12.7. The predicted molar refractivity (Wildman–Crippen MR) is 176 cm³/mol. The number of carbonyl (C=O) groups is 1. The number of nitrogens with one attached hydrogen (secondary N) is 1. The molecular formula is C37H46N4O. The third kappa shape index (κ3) is 5.91. The number of rotatable bonds is 8. The van der Waals surface area contributed by atoms with Crippen LogP contribution in [0.4, 0.5) is 0 Å². The third-order valence-electron chi connectivity index (χ3n) is 9.91. The van der Waals surface area contributed by atoms with Crippen molar-refractivity contribution in [3.63, 3.8) is 0 Å². The first-order valence-electron chi connectivity index (χ1n) is 15.9. The summed E-state index contributed by atoms with van der Waals surface area (Å²) >= 11 is 0. The maximum Gasteiger partial charge on any atom is 0.251 e. The van der Waals surface area contributed by atoms with Crippen molar-refractivity contribution in [1.29, 1.82) is 0 Å². The minimum atomic E-state index is 0.0340. The van der Waals surface area contributed by atoms with E-state index < -0.39 is 0 Å². The fraction of sp³-hybridized carbons (Fsp3) is 0.432. The van der Waals surface area contributed by atoms with Crippen LogP contribution in [0.3, 0.4) is 0 Å². The topological polar surface area (TPSA) is 40.5 Å². The lowest BCUT2D eigenvalue weighted by Gasteiger charge is -2.43. The molecule has 4 aromatic rings. The predicted octanol–water partition coefficient (Wildman–Crippen LogP) is 7.49. The van der Waals surface area contributed by atoms with Crippen molar-refractivity contribution < 1.29 is 4.79 Å². The van der Waals surface area contributed by atoms with Gasteiger partial charge in [0, 0.05) is 65.6 Å². The summed E-state index contributed by atoms with van der Waals surface area (Å²) < 4.78 is 2.42. The summed E-state index contributed by atoms with van der Waals surface area (Å²) in [5, 5.41) is 5.95. The van der Waals surface area contributed by atoms with Crippen LogP contribution in [-0.4, -0.2) is 59.5 Å². The van der Waals surface area contributed by atoms with Crippen LogP contribution in [0.15, 0.2) is 72.3 Å². The number of piperidine rings is 1. The van der Waals surface area contributed by atoms with Crippen LogP contribution in [-0.2, 0) is 13.1 Å². The number of aromatic nitrogens is 1.